The van der Waals surface area contributed by atoms with Gasteiger partial charge in [0, 0.05) is 31.4 Å². The molecule has 1 aromatic rings. The first-order valence-corrected chi connectivity index (χ1v) is 9.44. The molecular weight excluding hydrogens is 292 g/mol. The van der Waals surface area contributed by atoms with E-state index in [2.05, 4.69) is 15.5 Å². The summed E-state index contributed by atoms with van der Waals surface area (Å²) >= 11 is 3.15. The number of aromatic nitrogens is 2. The Labute approximate surface area is 115 Å². The summed E-state index contributed by atoms with van der Waals surface area (Å²) in [4.78, 5) is 1.98. The molecule has 1 atom stereocenters. The van der Waals surface area contributed by atoms with Crippen molar-refractivity contribution in [3.63, 3.8) is 0 Å². The van der Waals surface area contributed by atoms with Crippen LogP contribution >= 0.6 is 23.1 Å². The number of sulfone groups is 1. The van der Waals surface area contributed by atoms with Gasteiger partial charge in [-0.2, -0.15) is 11.8 Å². The van der Waals surface area contributed by atoms with E-state index in [9.17, 15) is 8.42 Å². The van der Waals surface area contributed by atoms with Gasteiger partial charge in [-0.15, -0.1) is 10.2 Å². The molecule has 102 valence electrons. The molecule has 0 spiro atoms. The topological polar surface area (TPSA) is 75.2 Å². The van der Waals surface area contributed by atoms with Crippen LogP contribution in [0.25, 0.3) is 0 Å². The van der Waals surface area contributed by atoms with Gasteiger partial charge in [0.05, 0.1) is 6.54 Å². The molecule has 6 nitrogen and oxygen atoms in total. The van der Waals surface area contributed by atoms with Crippen LogP contribution in [0.5, 0.6) is 0 Å². The Bertz CT molecular complexity index is 502. The highest BCUT2D eigenvalue weighted by Gasteiger charge is 2.31. The lowest BCUT2D eigenvalue weighted by Crippen LogP contribution is -2.46. The van der Waals surface area contributed by atoms with Crippen LogP contribution in [0.1, 0.15) is 5.01 Å². The minimum atomic E-state index is -3.05. The summed E-state index contributed by atoms with van der Waals surface area (Å²) in [5.74, 6) is 1.60. The lowest BCUT2D eigenvalue weighted by atomic mass is 10.4. The number of nitrogens with zero attached hydrogens (tertiary/aromatic N) is 3. The fourth-order valence-electron chi connectivity index (χ4n) is 1.78. The minimum absolute atomic E-state index is 0.404. The lowest BCUT2D eigenvalue weighted by molar-refractivity contribution is 0.261. The molecule has 0 aromatic carbocycles. The first-order chi connectivity index (χ1) is 8.50. The van der Waals surface area contributed by atoms with Crippen molar-refractivity contribution < 1.29 is 8.42 Å². The van der Waals surface area contributed by atoms with Crippen molar-refractivity contribution in [2.75, 3.05) is 36.7 Å². The Balaban J connectivity index is 2.10. The molecule has 1 unspecified atom stereocenters. The van der Waals surface area contributed by atoms with Crippen molar-refractivity contribution in [1.82, 2.24) is 15.1 Å². The van der Waals surface area contributed by atoms with Gasteiger partial charge >= 0.3 is 0 Å². The average Bonchev–Trinajstić information content (AvgIpc) is 2.76. The summed E-state index contributed by atoms with van der Waals surface area (Å²) in [5.41, 5.74) is 0. The predicted molar refractivity (Wildman–Crippen MR) is 75.8 cm³/mol. The number of nitrogens with one attached hydrogen (secondary N) is 1. The second kappa shape index (κ2) is 5.72. The second-order valence-electron chi connectivity index (χ2n) is 4.08. The highest BCUT2D eigenvalue weighted by molar-refractivity contribution is 8.00. The molecule has 0 amide bonds. The van der Waals surface area contributed by atoms with E-state index in [1.54, 1.807) is 18.8 Å². The van der Waals surface area contributed by atoms with Crippen molar-refractivity contribution in [2.45, 2.75) is 11.9 Å². The smallest absolute Gasteiger partial charge is 0.205 e. The molecule has 1 aromatic heterocycles. The zero-order valence-corrected chi connectivity index (χ0v) is 12.7. The molecule has 2 rings (SSSR count). The number of rotatable bonds is 4. The van der Waals surface area contributed by atoms with Crippen LogP contribution in [0.4, 0.5) is 5.13 Å². The van der Waals surface area contributed by atoms with E-state index < -0.39 is 15.2 Å². The van der Waals surface area contributed by atoms with Gasteiger partial charge < -0.3 is 5.32 Å². The molecule has 2 heterocycles. The standard InChI is InChI=1S/C9H16N4O2S3/c1-10-9-12-11-7(17-9)5-13-3-4-16-6-8(13)18(2,14)15/h8H,3-6H2,1-2H3,(H,10,12). The van der Waals surface area contributed by atoms with Crippen molar-refractivity contribution in [2.24, 2.45) is 0 Å². The first-order valence-electron chi connectivity index (χ1n) is 5.51. The van der Waals surface area contributed by atoms with Gasteiger partial charge in [0.2, 0.25) is 5.13 Å². The van der Waals surface area contributed by atoms with Gasteiger partial charge in [0.1, 0.15) is 10.4 Å². The van der Waals surface area contributed by atoms with E-state index >= 15 is 0 Å². The van der Waals surface area contributed by atoms with Crippen LogP contribution in [0.2, 0.25) is 0 Å². The molecule has 1 saturated heterocycles. The average molecular weight is 308 g/mol. The molecule has 18 heavy (non-hydrogen) atoms. The van der Waals surface area contributed by atoms with Crippen molar-refractivity contribution in [3.05, 3.63) is 5.01 Å². The van der Waals surface area contributed by atoms with E-state index in [0.717, 1.165) is 22.4 Å². The van der Waals surface area contributed by atoms with Crippen LogP contribution in [-0.4, -0.2) is 60.2 Å². The number of hydrogen-bond acceptors (Lipinski definition) is 8. The van der Waals surface area contributed by atoms with Crippen LogP contribution in [0.3, 0.4) is 0 Å². The van der Waals surface area contributed by atoms with E-state index in [4.69, 9.17) is 0 Å². The van der Waals surface area contributed by atoms with Gasteiger partial charge in [-0.1, -0.05) is 11.3 Å². The fraction of sp³-hybridized carbons (Fsp3) is 0.778. The summed E-state index contributed by atoms with van der Waals surface area (Å²) in [6, 6.07) is 0. The summed E-state index contributed by atoms with van der Waals surface area (Å²) in [6.07, 6.45) is 1.30. The largest absolute Gasteiger partial charge is 0.363 e. The Morgan fingerprint density at radius 1 is 1.50 bits per heavy atom. The second-order valence-corrected chi connectivity index (χ2v) is 8.50. The highest BCUT2D eigenvalue weighted by Crippen LogP contribution is 2.24. The Morgan fingerprint density at radius 2 is 2.28 bits per heavy atom. The molecule has 0 aliphatic carbocycles. The summed E-state index contributed by atoms with van der Waals surface area (Å²) in [5, 5.41) is 12.2. The third-order valence-corrected chi connectivity index (χ3v) is 6.32. The van der Waals surface area contributed by atoms with E-state index in [1.807, 2.05) is 4.90 Å². The number of hydrogen-bond donors (Lipinski definition) is 1. The lowest BCUT2D eigenvalue weighted by Gasteiger charge is -2.33. The Kier molecular flexibility index (Phi) is 4.46. The van der Waals surface area contributed by atoms with Gasteiger partial charge in [0.15, 0.2) is 9.84 Å². The summed E-state index contributed by atoms with van der Waals surface area (Å²) < 4.78 is 23.5. The quantitative estimate of drug-likeness (QED) is 0.868. The molecule has 1 aliphatic heterocycles. The van der Waals surface area contributed by atoms with Crippen molar-refractivity contribution in [3.8, 4) is 0 Å². The molecule has 9 heteroatoms. The number of anilines is 1. The van der Waals surface area contributed by atoms with Gasteiger partial charge in [-0.3, -0.25) is 4.90 Å². The van der Waals surface area contributed by atoms with Crippen LogP contribution in [0, 0.1) is 0 Å². The highest BCUT2D eigenvalue weighted by atomic mass is 32.2. The maximum atomic E-state index is 11.7. The molecule has 1 aliphatic rings. The maximum Gasteiger partial charge on any atom is 0.205 e. The van der Waals surface area contributed by atoms with Crippen molar-refractivity contribution >= 4 is 38.1 Å². The molecule has 0 saturated carbocycles. The van der Waals surface area contributed by atoms with Crippen LogP contribution < -0.4 is 5.32 Å². The monoisotopic (exact) mass is 308 g/mol. The Hall–Kier alpha value is -0.380. The fourth-order valence-corrected chi connectivity index (χ4v) is 5.44. The molecule has 0 radical (unpaired) electrons. The van der Waals surface area contributed by atoms with E-state index in [1.165, 1.54) is 17.6 Å². The Morgan fingerprint density at radius 3 is 2.89 bits per heavy atom. The van der Waals surface area contributed by atoms with Crippen LogP contribution in [-0.2, 0) is 16.4 Å². The first kappa shape index (κ1) is 14.0. The van der Waals surface area contributed by atoms with Gasteiger partial charge in [0.25, 0.3) is 0 Å². The SMILES string of the molecule is CNc1nnc(CN2CCSCC2S(C)(=O)=O)s1. The molecule has 0 bridgehead atoms. The summed E-state index contributed by atoms with van der Waals surface area (Å²) in [7, 11) is -1.26. The third kappa shape index (κ3) is 3.34. The summed E-state index contributed by atoms with van der Waals surface area (Å²) in [6.45, 7) is 1.33. The van der Waals surface area contributed by atoms with Gasteiger partial charge in [-0.05, 0) is 0 Å². The predicted octanol–water partition coefficient (Wildman–Crippen LogP) is 0.499. The zero-order chi connectivity index (χ0) is 13.2. The zero-order valence-electron chi connectivity index (χ0n) is 10.3. The normalized spacial score (nSPS) is 22.0. The number of thioether (sulfide) groups is 1. The van der Waals surface area contributed by atoms with Crippen LogP contribution in [0.15, 0.2) is 0 Å². The maximum absolute atomic E-state index is 11.7. The van der Waals surface area contributed by atoms with E-state index in [-0.39, 0.29) is 0 Å². The molecule has 1 fully saturated rings. The third-order valence-electron chi connectivity index (χ3n) is 2.70. The van der Waals surface area contributed by atoms with Gasteiger partial charge in [-0.25, -0.2) is 8.42 Å². The molecular formula is C9H16N4O2S3. The molecule has 1 N–H and O–H groups in total. The van der Waals surface area contributed by atoms with E-state index in [0.29, 0.717) is 12.3 Å². The van der Waals surface area contributed by atoms with Crippen molar-refractivity contribution in [1.29, 1.82) is 0 Å². The minimum Gasteiger partial charge on any atom is -0.363 e.